The molecule has 3 nitrogen and oxygen atoms in total. The molecule has 0 aromatic rings. The van der Waals surface area contributed by atoms with Crippen LogP contribution < -0.4 is 0 Å². The zero-order valence-corrected chi connectivity index (χ0v) is 22.7. The largest absolute Gasteiger partial charge is 0.481 e. The first-order chi connectivity index (χ1) is 15.7. The number of aliphatic hydroxyl groups excluding tert-OH is 1. The van der Waals surface area contributed by atoms with E-state index in [1.807, 2.05) is 0 Å². The Morgan fingerprint density at radius 1 is 1.09 bits per heavy atom. The van der Waals surface area contributed by atoms with Crippen LogP contribution in [0, 0.1) is 45.3 Å². The molecule has 0 amide bonds. The minimum Gasteiger partial charge on any atom is -0.481 e. The molecule has 2 saturated carbocycles. The number of aliphatic hydroxyl groups is 1. The molecule has 0 aromatic carbocycles. The molecule has 7 atom stereocenters. The number of hydrogen-bond donors (Lipinski definition) is 2. The second-order valence-corrected chi connectivity index (χ2v) is 13.7. The summed E-state index contributed by atoms with van der Waals surface area (Å²) >= 11 is 0. The molecule has 4 aliphatic rings. The summed E-state index contributed by atoms with van der Waals surface area (Å²) in [5, 5.41) is 21.1. The van der Waals surface area contributed by atoms with Gasteiger partial charge in [-0.1, -0.05) is 72.8 Å². The fraction of sp³-hybridized carbons (Fsp3) is 0.774. The fourth-order valence-electron chi connectivity index (χ4n) is 8.80. The molecule has 0 spiro atoms. The smallest absolute Gasteiger partial charge is 0.306 e. The Morgan fingerprint density at radius 2 is 1.76 bits per heavy atom. The number of rotatable bonds is 6. The van der Waals surface area contributed by atoms with Gasteiger partial charge < -0.3 is 10.2 Å². The highest BCUT2D eigenvalue weighted by Crippen LogP contribution is 2.71. The van der Waals surface area contributed by atoms with Crippen LogP contribution in [0.2, 0.25) is 0 Å². The van der Waals surface area contributed by atoms with Crippen molar-refractivity contribution >= 4 is 5.97 Å². The van der Waals surface area contributed by atoms with Crippen LogP contribution in [0.3, 0.4) is 0 Å². The maximum atomic E-state index is 12.5. The monoisotopic (exact) mass is 468 g/mol. The molecule has 0 radical (unpaired) electrons. The first kappa shape index (κ1) is 25.7. The normalized spacial score (nSPS) is 41.6. The van der Waals surface area contributed by atoms with Crippen molar-refractivity contribution in [1.82, 2.24) is 0 Å². The zero-order valence-electron chi connectivity index (χ0n) is 22.7. The van der Waals surface area contributed by atoms with Crippen LogP contribution >= 0.6 is 0 Å². The third-order valence-electron chi connectivity index (χ3n) is 11.7. The van der Waals surface area contributed by atoms with Crippen LogP contribution in [-0.4, -0.2) is 22.3 Å². The van der Waals surface area contributed by atoms with E-state index >= 15 is 0 Å². The summed E-state index contributed by atoms with van der Waals surface area (Å²) in [5.74, 6) is 0.0861. The summed E-state index contributed by atoms with van der Waals surface area (Å²) in [5.41, 5.74) is 4.16. The van der Waals surface area contributed by atoms with Gasteiger partial charge in [0.1, 0.15) is 0 Å². The highest BCUT2D eigenvalue weighted by Gasteiger charge is 2.63. The number of fused-ring (bicyclic) bond motifs is 5. The van der Waals surface area contributed by atoms with E-state index in [4.69, 9.17) is 0 Å². The summed E-state index contributed by atoms with van der Waals surface area (Å²) in [6.07, 6.45) is 12.2. The Hall–Kier alpha value is -1.35. The maximum Gasteiger partial charge on any atom is 0.306 e. The van der Waals surface area contributed by atoms with Crippen molar-refractivity contribution in [1.29, 1.82) is 0 Å². The lowest BCUT2D eigenvalue weighted by Gasteiger charge is -2.61. The molecular weight excluding hydrogens is 420 g/mol. The second-order valence-electron chi connectivity index (χ2n) is 13.7. The third-order valence-corrected chi connectivity index (χ3v) is 11.7. The average Bonchev–Trinajstić information content (AvgIpc) is 3.02. The molecule has 2 fully saturated rings. The van der Waals surface area contributed by atoms with Crippen LogP contribution in [0.1, 0.15) is 99.8 Å². The molecule has 0 heterocycles. The first-order valence-corrected chi connectivity index (χ1v) is 13.7. The highest BCUT2D eigenvalue weighted by atomic mass is 16.4. The van der Waals surface area contributed by atoms with Crippen LogP contribution in [0.4, 0.5) is 0 Å². The molecule has 190 valence electrons. The standard InChI is InChI=1S/C31H48O3/c1-19(2)20(3)9-10-21(27(33)34)22-13-17-31(8)24-11-12-25-28(4,5)26(32)15-16-29(25,6)23(24)14-18-30(22,31)7/h11,14,19,21-22,25-26,32H,3,9-10,12-13,15-18H2,1-2,4-8H3,(H,33,34)/t21?,22-,25?,26+,29-,30-,31?/m1/s1. The van der Waals surface area contributed by atoms with Gasteiger partial charge >= 0.3 is 5.97 Å². The van der Waals surface area contributed by atoms with Crippen molar-refractivity contribution < 1.29 is 15.0 Å². The van der Waals surface area contributed by atoms with Crippen LogP contribution in [-0.2, 0) is 4.79 Å². The predicted molar refractivity (Wildman–Crippen MR) is 139 cm³/mol. The SMILES string of the molecule is C=C(CCC(C(=O)O)[C@H]1CCC2(C)C3=CCC4C(C)(C)[C@@H](O)CC[C@]4(C)C3=CC[C@]12C)C(C)C. The van der Waals surface area contributed by atoms with Gasteiger partial charge in [0, 0.05) is 0 Å². The second kappa shape index (κ2) is 8.36. The zero-order chi connectivity index (χ0) is 25.3. The van der Waals surface area contributed by atoms with E-state index in [1.165, 1.54) is 16.7 Å². The number of carboxylic acids is 1. The lowest BCUT2D eigenvalue weighted by Crippen LogP contribution is -2.54. The van der Waals surface area contributed by atoms with Gasteiger partial charge in [-0.05, 0) is 102 Å². The van der Waals surface area contributed by atoms with Gasteiger partial charge in [-0.15, -0.1) is 0 Å². The first-order valence-electron chi connectivity index (χ1n) is 13.7. The molecule has 0 saturated heterocycles. The summed E-state index contributed by atoms with van der Waals surface area (Å²) in [4.78, 5) is 12.5. The topological polar surface area (TPSA) is 57.5 Å². The Balaban J connectivity index is 1.68. The molecular formula is C31H48O3. The number of hydrogen-bond acceptors (Lipinski definition) is 2. The molecule has 3 unspecified atom stereocenters. The highest BCUT2D eigenvalue weighted by molar-refractivity contribution is 5.71. The van der Waals surface area contributed by atoms with E-state index in [2.05, 4.69) is 67.2 Å². The molecule has 0 aliphatic heterocycles. The molecule has 34 heavy (non-hydrogen) atoms. The third kappa shape index (κ3) is 3.51. The van der Waals surface area contributed by atoms with Gasteiger partial charge in [0.05, 0.1) is 12.0 Å². The summed E-state index contributed by atoms with van der Waals surface area (Å²) in [6.45, 7) is 20.3. The van der Waals surface area contributed by atoms with E-state index in [9.17, 15) is 15.0 Å². The van der Waals surface area contributed by atoms with Gasteiger partial charge in [-0.3, -0.25) is 4.79 Å². The van der Waals surface area contributed by atoms with Crippen molar-refractivity contribution in [2.24, 2.45) is 45.3 Å². The van der Waals surface area contributed by atoms with Crippen molar-refractivity contribution in [2.75, 3.05) is 0 Å². The molecule has 2 N–H and O–H groups in total. The van der Waals surface area contributed by atoms with E-state index in [-0.39, 0.29) is 39.6 Å². The van der Waals surface area contributed by atoms with Crippen LogP contribution in [0.15, 0.2) is 35.5 Å². The van der Waals surface area contributed by atoms with Crippen molar-refractivity contribution in [2.45, 2.75) is 106 Å². The Labute approximate surface area is 207 Å². The van der Waals surface area contributed by atoms with E-state index in [1.54, 1.807) is 0 Å². The molecule has 0 aromatic heterocycles. The Bertz CT molecular complexity index is 923. The van der Waals surface area contributed by atoms with Crippen molar-refractivity contribution in [3.8, 4) is 0 Å². The van der Waals surface area contributed by atoms with Crippen LogP contribution in [0.5, 0.6) is 0 Å². The van der Waals surface area contributed by atoms with Gasteiger partial charge in [0.15, 0.2) is 0 Å². The Kier molecular flexibility index (Phi) is 6.32. The van der Waals surface area contributed by atoms with E-state index in [0.717, 1.165) is 44.9 Å². The number of carboxylic acid groups (broad SMARTS) is 1. The minimum atomic E-state index is -0.630. The summed E-state index contributed by atoms with van der Waals surface area (Å²) < 4.78 is 0. The van der Waals surface area contributed by atoms with Gasteiger partial charge in [-0.2, -0.15) is 0 Å². The van der Waals surface area contributed by atoms with Crippen LogP contribution in [0.25, 0.3) is 0 Å². The molecule has 4 rings (SSSR count). The molecule has 0 bridgehead atoms. The maximum absolute atomic E-state index is 12.5. The van der Waals surface area contributed by atoms with Gasteiger partial charge in [0.25, 0.3) is 0 Å². The van der Waals surface area contributed by atoms with E-state index < -0.39 is 5.97 Å². The predicted octanol–water partition coefficient (Wildman–Crippen LogP) is 7.57. The lowest BCUT2D eigenvalue weighted by atomic mass is 9.44. The number of carbonyl (C=O) groups is 1. The summed E-state index contributed by atoms with van der Waals surface area (Å²) in [7, 11) is 0. The number of allylic oxidation sites excluding steroid dienone is 5. The van der Waals surface area contributed by atoms with Gasteiger partial charge in [0.2, 0.25) is 0 Å². The van der Waals surface area contributed by atoms with Crippen molar-refractivity contribution in [3.05, 3.63) is 35.5 Å². The fourth-order valence-corrected chi connectivity index (χ4v) is 8.80. The quantitative estimate of drug-likeness (QED) is 0.395. The molecule has 4 aliphatic carbocycles. The molecule has 3 heteroatoms. The number of aliphatic carboxylic acids is 1. The Morgan fingerprint density at radius 3 is 2.38 bits per heavy atom. The van der Waals surface area contributed by atoms with E-state index in [0.29, 0.717) is 18.3 Å². The van der Waals surface area contributed by atoms with Crippen molar-refractivity contribution in [3.63, 3.8) is 0 Å². The lowest BCUT2D eigenvalue weighted by molar-refractivity contribution is -0.146. The van der Waals surface area contributed by atoms with Gasteiger partial charge in [-0.25, -0.2) is 0 Å². The average molecular weight is 469 g/mol. The summed E-state index contributed by atoms with van der Waals surface area (Å²) in [6, 6.07) is 0. The minimum absolute atomic E-state index is 0.0126.